The number of halogens is 1. The molecule has 3 nitrogen and oxygen atoms in total. The molecular weight excluding hydrogens is 260 g/mol. The standard InChI is InChI=1S/C15H11ClN2O/c16-12-6-3-9-18-14(12)15(19)11-4-1-7-13-10(11)5-2-8-17-13/h1-9,15,19H. The maximum Gasteiger partial charge on any atom is 0.123 e. The van der Waals surface area contributed by atoms with Gasteiger partial charge in [-0.2, -0.15) is 0 Å². The summed E-state index contributed by atoms with van der Waals surface area (Å²) in [6, 6.07) is 12.9. The van der Waals surface area contributed by atoms with Gasteiger partial charge in [-0.1, -0.05) is 29.8 Å². The van der Waals surface area contributed by atoms with Gasteiger partial charge in [0, 0.05) is 17.8 Å². The van der Waals surface area contributed by atoms with Crippen molar-refractivity contribution < 1.29 is 5.11 Å². The normalized spacial score (nSPS) is 12.5. The van der Waals surface area contributed by atoms with Crippen LogP contribution in [0.5, 0.6) is 0 Å². The molecule has 4 heteroatoms. The van der Waals surface area contributed by atoms with Crippen molar-refractivity contribution in [3.05, 3.63) is 71.1 Å². The Kier molecular flexibility index (Phi) is 3.15. The number of rotatable bonds is 2. The zero-order chi connectivity index (χ0) is 13.2. The Labute approximate surface area is 115 Å². The third kappa shape index (κ3) is 2.18. The Bertz CT molecular complexity index is 725. The molecule has 0 amide bonds. The SMILES string of the molecule is OC(c1ncccc1Cl)c1cccc2ncccc12. The summed E-state index contributed by atoms with van der Waals surface area (Å²) in [4.78, 5) is 8.43. The van der Waals surface area contributed by atoms with E-state index in [1.54, 1.807) is 24.5 Å². The Balaban J connectivity index is 2.17. The van der Waals surface area contributed by atoms with Crippen LogP contribution in [0.15, 0.2) is 54.9 Å². The molecular formula is C15H11ClN2O. The second-order valence-corrected chi connectivity index (χ2v) is 4.60. The van der Waals surface area contributed by atoms with Crippen LogP contribution in [0.2, 0.25) is 5.02 Å². The molecule has 1 atom stereocenters. The van der Waals surface area contributed by atoms with Crippen molar-refractivity contribution >= 4 is 22.5 Å². The number of aliphatic hydroxyl groups excluding tert-OH is 1. The number of aromatic nitrogens is 2. The zero-order valence-corrected chi connectivity index (χ0v) is 10.7. The third-order valence-corrected chi connectivity index (χ3v) is 3.34. The van der Waals surface area contributed by atoms with Crippen molar-refractivity contribution in [2.24, 2.45) is 0 Å². The fraction of sp³-hybridized carbons (Fsp3) is 0.0667. The molecule has 0 spiro atoms. The molecule has 0 aliphatic carbocycles. The van der Waals surface area contributed by atoms with E-state index in [4.69, 9.17) is 11.6 Å². The summed E-state index contributed by atoms with van der Waals surface area (Å²) in [5.41, 5.74) is 2.05. The lowest BCUT2D eigenvalue weighted by Gasteiger charge is -2.14. The van der Waals surface area contributed by atoms with Crippen LogP contribution in [0, 0.1) is 0 Å². The maximum absolute atomic E-state index is 10.5. The number of fused-ring (bicyclic) bond motifs is 1. The van der Waals surface area contributed by atoms with Crippen molar-refractivity contribution in [2.45, 2.75) is 6.10 Å². The van der Waals surface area contributed by atoms with Gasteiger partial charge in [-0.05, 0) is 29.8 Å². The van der Waals surface area contributed by atoms with E-state index in [1.165, 1.54) is 0 Å². The van der Waals surface area contributed by atoms with Gasteiger partial charge in [0.05, 0.1) is 16.2 Å². The molecule has 2 aromatic heterocycles. The van der Waals surface area contributed by atoms with Crippen LogP contribution in [-0.4, -0.2) is 15.1 Å². The van der Waals surface area contributed by atoms with Crippen molar-refractivity contribution in [2.75, 3.05) is 0 Å². The van der Waals surface area contributed by atoms with E-state index in [0.717, 1.165) is 16.5 Å². The molecule has 94 valence electrons. The molecule has 1 N–H and O–H groups in total. The molecule has 0 aliphatic rings. The van der Waals surface area contributed by atoms with E-state index in [9.17, 15) is 5.11 Å². The first kappa shape index (κ1) is 12.1. The molecule has 0 fully saturated rings. The lowest BCUT2D eigenvalue weighted by Crippen LogP contribution is -2.04. The van der Waals surface area contributed by atoms with Gasteiger partial charge >= 0.3 is 0 Å². The van der Waals surface area contributed by atoms with Gasteiger partial charge in [-0.15, -0.1) is 0 Å². The van der Waals surface area contributed by atoms with Gasteiger partial charge in [-0.3, -0.25) is 9.97 Å². The zero-order valence-electron chi connectivity index (χ0n) is 9.99. The van der Waals surface area contributed by atoms with Crippen LogP contribution in [0.1, 0.15) is 17.4 Å². The van der Waals surface area contributed by atoms with E-state index in [2.05, 4.69) is 9.97 Å². The van der Waals surface area contributed by atoms with Crippen molar-refractivity contribution in [3.63, 3.8) is 0 Å². The van der Waals surface area contributed by atoms with E-state index >= 15 is 0 Å². The monoisotopic (exact) mass is 270 g/mol. The second kappa shape index (κ2) is 4.96. The average Bonchev–Trinajstić information content (AvgIpc) is 2.46. The lowest BCUT2D eigenvalue weighted by molar-refractivity contribution is 0.217. The van der Waals surface area contributed by atoms with Gasteiger partial charge in [0.1, 0.15) is 6.10 Å². The number of aliphatic hydroxyl groups is 1. The van der Waals surface area contributed by atoms with Crippen LogP contribution in [0.4, 0.5) is 0 Å². The van der Waals surface area contributed by atoms with Crippen LogP contribution < -0.4 is 0 Å². The molecule has 2 heterocycles. The average molecular weight is 271 g/mol. The van der Waals surface area contributed by atoms with Crippen LogP contribution in [0.25, 0.3) is 10.9 Å². The van der Waals surface area contributed by atoms with Gasteiger partial charge in [0.25, 0.3) is 0 Å². The molecule has 3 rings (SSSR count). The largest absolute Gasteiger partial charge is 0.382 e. The quantitative estimate of drug-likeness (QED) is 0.777. The molecule has 0 saturated heterocycles. The summed E-state index contributed by atoms with van der Waals surface area (Å²) < 4.78 is 0. The fourth-order valence-electron chi connectivity index (χ4n) is 2.11. The number of nitrogens with zero attached hydrogens (tertiary/aromatic N) is 2. The number of pyridine rings is 2. The lowest BCUT2D eigenvalue weighted by atomic mass is 10.0. The van der Waals surface area contributed by atoms with E-state index in [0.29, 0.717) is 10.7 Å². The number of hydrogen-bond acceptors (Lipinski definition) is 3. The van der Waals surface area contributed by atoms with E-state index in [1.807, 2.05) is 30.3 Å². The summed E-state index contributed by atoms with van der Waals surface area (Å²) in [5.74, 6) is 0. The Morgan fingerprint density at radius 2 is 1.74 bits per heavy atom. The summed E-state index contributed by atoms with van der Waals surface area (Å²) in [6.07, 6.45) is 2.49. The molecule has 0 saturated carbocycles. The third-order valence-electron chi connectivity index (χ3n) is 3.02. The van der Waals surface area contributed by atoms with Gasteiger partial charge < -0.3 is 5.11 Å². The highest BCUT2D eigenvalue weighted by Crippen LogP contribution is 2.30. The molecule has 0 aliphatic heterocycles. The minimum absolute atomic E-state index is 0.455. The first-order valence-electron chi connectivity index (χ1n) is 5.89. The predicted octanol–water partition coefficient (Wildman–Crippen LogP) is 3.36. The van der Waals surface area contributed by atoms with E-state index < -0.39 is 6.10 Å². The van der Waals surface area contributed by atoms with Crippen LogP contribution >= 0.6 is 11.6 Å². The molecule has 19 heavy (non-hydrogen) atoms. The first-order chi connectivity index (χ1) is 9.27. The number of hydrogen-bond donors (Lipinski definition) is 1. The van der Waals surface area contributed by atoms with Crippen molar-refractivity contribution in [1.82, 2.24) is 9.97 Å². The molecule has 3 aromatic rings. The highest BCUT2D eigenvalue weighted by molar-refractivity contribution is 6.31. The molecule has 1 unspecified atom stereocenters. The van der Waals surface area contributed by atoms with Crippen LogP contribution in [0.3, 0.4) is 0 Å². The summed E-state index contributed by atoms with van der Waals surface area (Å²) in [5, 5.41) is 11.9. The first-order valence-corrected chi connectivity index (χ1v) is 6.27. The fourth-order valence-corrected chi connectivity index (χ4v) is 2.34. The maximum atomic E-state index is 10.5. The van der Waals surface area contributed by atoms with Crippen molar-refractivity contribution in [1.29, 1.82) is 0 Å². The van der Waals surface area contributed by atoms with Gasteiger partial charge in [0.15, 0.2) is 0 Å². The van der Waals surface area contributed by atoms with Crippen molar-refractivity contribution in [3.8, 4) is 0 Å². The highest BCUT2D eigenvalue weighted by atomic mass is 35.5. The Morgan fingerprint density at radius 1 is 0.947 bits per heavy atom. The minimum atomic E-state index is -0.860. The van der Waals surface area contributed by atoms with Gasteiger partial charge in [0.2, 0.25) is 0 Å². The summed E-state index contributed by atoms with van der Waals surface area (Å²) >= 11 is 6.08. The molecule has 0 radical (unpaired) electrons. The smallest absolute Gasteiger partial charge is 0.123 e. The highest BCUT2D eigenvalue weighted by Gasteiger charge is 2.17. The number of benzene rings is 1. The van der Waals surface area contributed by atoms with Gasteiger partial charge in [-0.25, -0.2) is 0 Å². The Morgan fingerprint density at radius 3 is 2.58 bits per heavy atom. The Hall–Kier alpha value is -1.97. The van der Waals surface area contributed by atoms with Crippen LogP contribution in [-0.2, 0) is 0 Å². The molecule has 1 aromatic carbocycles. The second-order valence-electron chi connectivity index (χ2n) is 4.19. The summed E-state index contributed by atoms with van der Waals surface area (Å²) in [7, 11) is 0. The summed E-state index contributed by atoms with van der Waals surface area (Å²) in [6.45, 7) is 0. The molecule has 0 bridgehead atoms. The predicted molar refractivity (Wildman–Crippen MR) is 75.1 cm³/mol. The van der Waals surface area contributed by atoms with E-state index in [-0.39, 0.29) is 0 Å². The minimum Gasteiger partial charge on any atom is -0.382 e. The topological polar surface area (TPSA) is 46.0 Å².